The van der Waals surface area contributed by atoms with Crippen LogP contribution in [0.3, 0.4) is 0 Å². The molecule has 0 aliphatic carbocycles. The number of carbonyl (C=O) groups is 3. The Bertz CT molecular complexity index is 611. The monoisotopic (exact) mass is 325 g/mol. The minimum atomic E-state index is -0.965. The van der Waals surface area contributed by atoms with E-state index in [9.17, 15) is 14.4 Å². The van der Waals surface area contributed by atoms with Crippen molar-refractivity contribution in [2.24, 2.45) is 0 Å². The molecule has 1 fully saturated rings. The molecule has 2 heterocycles. The van der Waals surface area contributed by atoms with E-state index >= 15 is 0 Å². The van der Waals surface area contributed by atoms with Crippen molar-refractivity contribution < 1.29 is 14.4 Å². The zero-order valence-corrected chi connectivity index (χ0v) is 13.8. The highest BCUT2D eigenvalue weighted by molar-refractivity contribution is 7.13. The normalized spacial score (nSPS) is 16.6. The molecule has 0 spiro atoms. The van der Waals surface area contributed by atoms with Crippen LogP contribution in [0.15, 0.2) is 5.38 Å². The van der Waals surface area contributed by atoms with E-state index in [2.05, 4.69) is 15.6 Å². The van der Waals surface area contributed by atoms with E-state index in [4.69, 9.17) is 0 Å². The fraction of sp³-hybridized carbons (Fsp3) is 0.538. The summed E-state index contributed by atoms with van der Waals surface area (Å²) in [7, 11) is 3.78. The van der Waals surface area contributed by atoms with Gasteiger partial charge in [0.25, 0.3) is 5.91 Å². The third kappa shape index (κ3) is 3.35. The van der Waals surface area contributed by atoms with E-state index in [0.29, 0.717) is 0 Å². The molecule has 2 rings (SSSR count). The van der Waals surface area contributed by atoms with E-state index in [1.54, 1.807) is 13.8 Å². The Morgan fingerprint density at radius 3 is 2.64 bits per heavy atom. The van der Waals surface area contributed by atoms with Gasteiger partial charge in [-0.05, 0) is 13.8 Å². The number of hydrogen-bond acceptors (Lipinski definition) is 6. The van der Waals surface area contributed by atoms with Crippen molar-refractivity contribution in [1.82, 2.24) is 20.5 Å². The van der Waals surface area contributed by atoms with Gasteiger partial charge in [0.2, 0.25) is 5.91 Å². The van der Waals surface area contributed by atoms with Crippen molar-refractivity contribution in [2.45, 2.75) is 25.9 Å². The van der Waals surface area contributed by atoms with Crippen LogP contribution < -0.4 is 15.5 Å². The molecule has 1 aliphatic rings. The molecule has 0 saturated carbocycles. The lowest BCUT2D eigenvalue weighted by molar-refractivity contribution is -0.134. The molecular weight excluding hydrogens is 306 g/mol. The number of rotatable bonds is 5. The van der Waals surface area contributed by atoms with Crippen molar-refractivity contribution in [2.75, 3.05) is 25.5 Å². The average Bonchev–Trinajstić information content (AvgIpc) is 2.96. The minimum Gasteiger partial charge on any atom is -0.354 e. The van der Waals surface area contributed by atoms with E-state index in [1.165, 1.54) is 11.3 Å². The lowest BCUT2D eigenvalue weighted by Crippen LogP contribution is -2.43. The molecule has 0 aromatic carbocycles. The molecule has 1 saturated heterocycles. The number of nitrogens with zero attached hydrogens (tertiary/aromatic N) is 3. The van der Waals surface area contributed by atoms with Crippen molar-refractivity contribution in [3.63, 3.8) is 0 Å². The van der Waals surface area contributed by atoms with Gasteiger partial charge in [0, 0.05) is 19.5 Å². The van der Waals surface area contributed by atoms with Gasteiger partial charge in [-0.25, -0.2) is 9.78 Å². The second-order valence-corrected chi connectivity index (χ2v) is 6.58. The number of nitrogens with one attached hydrogen (secondary N) is 2. The van der Waals surface area contributed by atoms with E-state index < -0.39 is 23.4 Å². The van der Waals surface area contributed by atoms with Gasteiger partial charge in [-0.2, -0.15) is 0 Å². The third-order valence-corrected chi connectivity index (χ3v) is 4.19. The van der Waals surface area contributed by atoms with Crippen molar-refractivity contribution >= 4 is 34.3 Å². The van der Waals surface area contributed by atoms with Crippen LogP contribution in [0.4, 0.5) is 9.93 Å². The summed E-state index contributed by atoms with van der Waals surface area (Å²) < 4.78 is 0. The number of urea groups is 1. The van der Waals surface area contributed by atoms with Crippen molar-refractivity contribution in [1.29, 1.82) is 0 Å². The van der Waals surface area contributed by atoms with Gasteiger partial charge in [-0.15, -0.1) is 11.3 Å². The molecule has 0 atom stereocenters. The maximum absolute atomic E-state index is 12.0. The lowest BCUT2D eigenvalue weighted by Gasteiger charge is -2.15. The Balaban J connectivity index is 1.88. The quantitative estimate of drug-likeness (QED) is 0.752. The fourth-order valence-corrected chi connectivity index (χ4v) is 2.69. The van der Waals surface area contributed by atoms with E-state index in [-0.39, 0.29) is 13.1 Å². The standard InChI is InChI=1S/C13H19N5O3S/c1-13(2)10(20)18(11(21)16-13)6-9(19)14-5-8-7-22-12(15-8)17(3)4/h7H,5-6H2,1-4H3,(H,14,19)(H,16,21). The highest BCUT2D eigenvalue weighted by Crippen LogP contribution is 2.18. The SMILES string of the molecule is CN(C)c1nc(CNC(=O)CN2C(=O)NC(C)(C)C2=O)cs1. The lowest BCUT2D eigenvalue weighted by atomic mass is 10.1. The second-order valence-electron chi connectivity index (χ2n) is 5.74. The van der Waals surface area contributed by atoms with Crippen LogP contribution in [0.5, 0.6) is 0 Å². The van der Waals surface area contributed by atoms with E-state index in [0.717, 1.165) is 15.7 Å². The molecule has 1 aromatic rings. The Morgan fingerprint density at radius 2 is 2.14 bits per heavy atom. The molecule has 0 radical (unpaired) electrons. The molecule has 120 valence electrons. The molecule has 4 amide bonds. The Kier molecular flexibility index (Phi) is 4.36. The van der Waals surface area contributed by atoms with Crippen LogP contribution >= 0.6 is 11.3 Å². The van der Waals surface area contributed by atoms with Gasteiger partial charge in [-0.3, -0.25) is 14.5 Å². The molecule has 9 heteroatoms. The highest BCUT2D eigenvalue weighted by Gasteiger charge is 2.44. The summed E-state index contributed by atoms with van der Waals surface area (Å²) >= 11 is 1.48. The highest BCUT2D eigenvalue weighted by atomic mass is 32.1. The Hall–Kier alpha value is -2.16. The number of amides is 4. The van der Waals surface area contributed by atoms with Gasteiger partial charge in [0.1, 0.15) is 12.1 Å². The molecule has 2 N–H and O–H groups in total. The van der Waals surface area contributed by atoms with E-state index in [1.807, 2.05) is 24.4 Å². The Labute approximate surface area is 132 Å². The Morgan fingerprint density at radius 1 is 1.45 bits per heavy atom. The van der Waals surface area contributed by atoms with Crippen LogP contribution in [0.25, 0.3) is 0 Å². The van der Waals surface area contributed by atoms with Crippen LogP contribution in [-0.4, -0.2) is 53.9 Å². The molecule has 1 aliphatic heterocycles. The summed E-state index contributed by atoms with van der Waals surface area (Å²) in [4.78, 5) is 42.7. The first-order valence-corrected chi connectivity index (χ1v) is 7.61. The van der Waals surface area contributed by atoms with Crippen LogP contribution in [0, 0.1) is 0 Å². The third-order valence-electron chi connectivity index (χ3n) is 3.13. The van der Waals surface area contributed by atoms with Gasteiger partial charge < -0.3 is 15.5 Å². The van der Waals surface area contributed by atoms with Crippen LogP contribution in [-0.2, 0) is 16.1 Å². The first kappa shape index (κ1) is 16.2. The first-order valence-electron chi connectivity index (χ1n) is 6.73. The molecule has 1 aromatic heterocycles. The topological polar surface area (TPSA) is 94.6 Å². The van der Waals surface area contributed by atoms with Crippen molar-refractivity contribution in [3.8, 4) is 0 Å². The summed E-state index contributed by atoms with van der Waals surface area (Å²) in [5.41, 5.74) is -0.230. The number of hydrogen-bond donors (Lipinski definition) is 2. The molecule has 22 heavy (non-hydrogen) atoms. The summed E-state index contributed by atoms with van der Waals surface area (Å²) in [6.07, 6.45) is 0. The summed E-state index contributed by atoms with van der Waals surface area (Å²) in [6, 6.07) is -0.547. The average molecular weight is 325 g/mol. The summed E-state index contributed by atoms with van der Waals surface area (Å²) in [5, 5.41) is 7.89. The second kappa shape index (κ2) is 5.91. The van der Waals surface area contributed by atoms with Crippen LogP contribution in [0.1, 0.15) is 19.5 Å². The minimum absolute atomic E-state index is 0.260. The summed E-state index contributed by atoms with van der Waals surface area (Å²) in [5.74, 6) is -0.809. The van der Waals surface area contributed by atoms with Gasteiger partial charge in [-0.1, -0.05) is 0 Å². The fourth-order valence-electron chi connectivity index (χ4n) is 1.93. The molecule has 8 nitrogen and oxygen atoms in total. The number of aromatic nitrogens is 1. The molecule has 0 unspecified atom stereocenters. The molecular formula is C13H19N5O3S. The van der Waals surface area contributed by atoms with Gasteiger partial charge in [0.05, 0.1) is 12.2 Å². The summed E-state index contributed by atoms with van der Waals surface area (Å²) in [6.45, 7) is 3.17. The number of thiazole rings is 1. The maximum Gasteiger partial charge on any atom is 0.325 e. The van der Waals surface area contributed by atoms with Gasteiger partial charge >= 0.3 is 6.03 Å². The largest absolute Gasteiger partial charge is 0.354 e. The maximum atomic E-state index is 12.0. The zero-order chi connectivity index (χ0) is 16.5. The number of carbonyl (C=O) groups excluding carboxylic acids is 3. The predicted molar refractivity (Wildman–Crippen MR) is 82.6 cm³/mol. The van der Waals surface area contributed by atoms with Crippen LogP contribution in [0.2, 0.25) is 0 Å². The smallest absolute Gasteiger partial charge is 0.325 e. The zero-order valence-electron chi connectivity index (χ0n) is 13.0. The number of anilines is 1. The predicted octanol–water partition coefficient (Wildman–Crippen LogP) is 0.156. The van der Waals surface area contributed by atoms with Gasteiger partial charge in [0.15, 0.2) is 5.13 Å². The first-order chi connectivity index (χ1) is 10.2. The van der Waals surface area contributed by atoms with Crippen molar-refractivity contribution in [3.05, 3.63) is 11.1 Å². The molecule has 0 bridgehead atoms. The number of imide groups is 1.